The van der Waals surface area contributed by atoms with E-state index in [0.29, 0.717) is 17.0 Å². The summed E-state index contributed by atoms with van der Waals surface area (Å²) in [6.45, 7) is 4.25. The standard InChI is InChI=1S/C9H14ClN3S/c1-3-14-6-7(2)13-9-8(10)11-4-5-12-9/h4-5,7H,3,6H2,1-2H3,(H,12,13). The topological polar surface area (TPSA) is 37.8 Å². The zero-order valence-corrected chi connectivity index (χ0v) is 9.90. The second-order valence-corrected chi connectivity index (χ2v) is 4.58. The van der Waals surface area contributed by atoms with Gasteiger partial charge in [-0.3, -0.25) is 0 Å². The molecule has 0 aliphatic carbocycles. The quantitative estimate of drug-likeness (QED) is 0.846. The zero-order chi connectivity index (χ0) is 10.4. The van der Waals surface area contributed by atoms with Crippen LogP contribution in [0.4, 0.5) is 5.82 Å². The Labute approximate surface area is 93.7 Å². The minimum Gasteiger partial charge on any atom is -0.364 e. The normalized spacial score (nSPS) is 12.5. The molecule has 0 aromatic carbocycles. The Balaban J connectivity index is 2.47. The first-order chi connectivity index (χ1) is 6.74. The SMILES string of the molecule is CCSCC(C)Nc1nccnc1Cl. The van der Waals surface area contributed by atoms with Gasteiger partial charge in [0.05, 0.1) is 0 Å². The lowest BCUT2D eigenvalue weighted by Crippen LogP contribution is -2.19. The zero-order valence-electron chi connectivity index (χ0n) is 8.33. The first-order valence-electron chi connectivity index (χ1n) is 4.54. The summed E-state index contributed by atoms with van der Waals surface area (Å²) in [7, 11) is 0. The fraction of sp³-hybridized carbons (Fsp3) is 0.556. The summed E-state index contributed by atoms with van der Waals surface area (Å²) < 4.78 is 0. The largest absolute Gasteiger partial charge is 0.364 e. The lowest BCUT2D eigenvalue weighted by Gasteiger charge is -2.13. The smallest absolute Gasteiger partial charge is 0.171 e. The van der Waals surface area contributed by atoms with E-state index in [-0.39, 0.29) is 0 Å². The van der Waals surface area contributed by atoms with E-state index in [9.17, 15) is 0 Å². The third-order valence-corrected chi connectivity index (χ3v) is 3.03. The van der Waals surface area contributed by atoms with Crippen molar-refractivity contribution in [1.29, 1.82) is 0 Å². The van der Waals surface area contributed by atoms with Crippen LogP contribution < -0.4 is 5.32 Å². The molecule has 1 N–H and O–H groups in total. The summed E-state index contributed by atoms with van der Waals surface area (Å²) in [5.41, 5.74) is 0. The monoisotopic (exact) mass is 231 g/mol. The molecule has 3 nitrogen and oxygen atoms in total. The molecule has 0 fully saturated rings. The lowest BCUT2D eigenvalue weighted by molar-refractivity contribution is 0.898. The van der Waals surface area contributed by atoms with Crippen LogP contribution in [0.15, 0.2) is 12.4 Å². The number of aromatic nitrogens is 2. The van der Waals surface area contributed by atoms with Gasteiger partial charge in [0.25, 0.3) is 0 Å². The van der Waals surface area contributed by atoms with E-state index >= 15 is 0 Å². The van der Waals surface area contributed by atoms with Crippen molar-refractivity contribution >= 4 is 29.2 Å². The molecule has 0 bridgehead atoms. The molecule has 78 valence electrons. The third kappa shape index (κ3) is 3.72. The molecule has 1 unspecified atom stereocenters. The fourth-order valence-electron chi connectivity index (χ4n) is 0.988. The maximum absolute atomic E-state index is 5.86. The molecule has 0 radical (unpaired) electrons. The summed E-state index contributed by atoms with van der Waals surface area (Å²) in [6.07, 6.45) is 3.22. The molecule has 1 rings (SSSR count). The van der Waals surface area contributed by atoms with E-state index in [2.05, 4.69) is 29.1 Å². The van der Waals surface area contributed by atoms with Crippen LogP contribution in [-0.2, 0) is 0 Å². The van der Waals surface area contributed by atoms with Gasteiger partial charge < -0.3 is 5.32 Å². The van der Waals surface area contributed by atoms with E-state index in [1.807, 2.05) is 11.8 Å². The van der Waals surface area contributed by atoms with Gasteiger partial charge in [-0.2, -0.15) is 11.8 Å². The number of anilines is 1. The molecule has 1 atom stereocenters. The molecule has 14 heavy (non-hydrogen) atoms. The van der Waals surface area contributed by atoms with Gasteiger partial charge in [-0.25, -0.2) is 9.97 Å². The van der Waals surface area contributed by atoms with Crippen molar-refractivity contribution in [1.82, 2.24) is 9.97 Å². The van der Waals surface area contributed by atoms with Crippen molar-refractivity contribution in [3.63, 3.8) is 0 Å². The Kier molecular flexibility index (Phi) is 5.04. The Morgan fingerprint density at radius 1 is 1.50 bits per heavy atom. The van der Waals surface area contributed by atoms with Gasteiger partial charge in [0.2, 0.25) is 0 Å². The van der Waals surface area contributed by atoms with E-state index < -0.39 is 0 Å². The highest BCUT2D eigenvalue weighted by Gasteiger charge is 2.06. The average molecular weight is 232 g/mol. The summed E-state index contributed by atoms with van der Waals surface area (Å²) in [4.78, 5) is 8.06. The van der Waals surface area contributed by atoms with Gasteiger partial charge in [0.1, 0.15) is 0 Å². The molecule has 0 spiro atoms. The predicted molar refractivity (Wildman–Crippen MR) is 63.1 cm³/mol. The van der Waals surface area contributed by atoms with Gasteiger partial charge in [-0.1, -0.05) is 18.5 Å². The maximum Gasteiger partial charge on any atom is 0.171 e. The van der Waals surface area contributed by atoms with Crippen molar-refractivity contribution in [2.75, 3.05) is 16.8 Å². The summed E-state index contributed by atoms with van der Waals surface area (Å²) in [5, 5.41) is 3.65. The van der Waals surface area contributed by atoms with Crippen molar-refractivity contribution in [3.05, 3.63) is 17.5 Å². The molecule has 0 amide bonds. The number of rotatable bonds is 5. The van der Waals surface area contributed by atoms with Gasteiger partial charge in [-0.15, -0.1) is 0 Å². The number of hydrogen-bond acceptors (Lipinski definition) is 4. The van der Waals surface area contributed by atoms with Crippen molar-refractivity contribution in [3.8, 4) is 0 Å². The first-order valence-corrected chi connectivity index (χ1v) is 6.08. The fourth-order valence-corrected chi connectivity index (χ4v) is 1.82. The van der Waals surface area contributed by atoms with E-state index in [1.165, 1.54) is 0 Å². The molecule has 5 heteroatoms. The second-order valence-electron chi connectivity index (χ2n) is 2.90. The van der Waals surface area contributed by atoms with Crippen molar-refractivity contribution in [2.45, 2.75) is 19.9 Å². The highest BCUT2D eigenvalue weighted by Crippen LogP contribution is 2.16. The van der Waals surface area contributed by atoms with Crippen LogP contribution >= 0.6 is 23.4 Å². The van der Waals surface area contributed by atoms with Crippen molar-refractivity contribution < 1.29 is 0 Å². The Morgan fingerprint density at radius 3 is 2.86 bits per heavy atom. The number of thioether (sulfide) groups is 1. The lowest BCUT2D eigenvalue weighted by atomic mass is 10.4. The summed E-state index contributed by atoms with van der Waals surface area (Å²) in [6, 6.07) is 0.356. The van der Waals surface area contributed by atoms with Crippen LogP contribution in [0, 0.1) is 0 Å². The minimum absolute atomic E-state index is 0.356. The molecule has 0 aliphatic heterocycles. The molecular weight excluding hydrogens is 218 g/mol. The van der Waals surface area contributed by atoms with Crippen LogP contribution in [0.1, 0.15) is 13.8 Å². The maximum atomic E-state index is 5.86. The molecule has 0 aliphatic rings. The summed E-state index contributed by atoms with van der Waals surface area (Å²) >= 11 is 7.75. The molecule has 0 saturated heterocycles. The van der Waals surface area contributed by atoms with Crippen LogP contribution in [-0.4, -0.2) is 27.5 Å². The van der Waals surface area contributed by atoms with E-state index in [1.54, 1.807) is 12.4 Å². The van der Waals surface area contributed by atoms with Gasteiger partial charge in [-0.05, 0) is 12.7 Å². The highest BCUT2D eigenvalue weighted by molar-refractivity contribution is 7.99. The Hall–Kier alpha value is -0.480. The van der Waals surface area contributed by atoms with Crippen molar-refractivity contribution in [2.24, 2.45) is 0 Å². The first kappa shape index (κ1) is 11.6. The predicted octanol–water partition coefficient (Wildman–Crippen LogP) is 2.68. The Bertz CT molecular complexity index is 283. The molecule has 0 saturated carbocycles. The van der Waals surface area contributed by atoms with Gasteiger partial charge in [0, 0.05) is 24.2 Å². The van der Waals surface area contributed by atoms with Gasteiger partial charge >= 0.3 is 0 Å². The van der Waals surface area contributed by atoms with Gasteiger partial charge in [0.15, 0.2) is 11.0 Å². The van der Waals surface area contributed by atoms with E-state index in [0.717, 1.165) is 11.5 Å². The summed E-state index contributed by atoms with van der Waals surface area (Å²) in [5.74, 6) is 2.84. The Morgan fingerprint density at radius 2 is 2.21 bits per heavy atom. The molecular formula is C9H14ClN3S. The number of hydrogen-bond donors (Lipinski definition) is 1. The third-order valence-electron chi connectivity index (χ3n) is 1.61. The minimum atomic E-state index is 0.356. The number of nitrogens with zero attached hydrogens (tertiary/aromatic N) is 2. The van der Waals surface area contributed by atoms with Crippen LogP contribution in [0.25, 0.3) is 0 Å². The molecule has 1 aromatic heterocycles. The van der Waals surface area contributed by atoms with E-state index in [4.69, 9.17) is 11.6 Å². The highest BCUT2D eigenvalue weighted by atomic mass is 35.5. The van der Waals surface area contributed by atoms with Crippen LogP contribution in [0.5, 0.6) is 0 Å². The van der Waals surface area contributed by atoms with Crippen LogP contribution in [0.3, 0.4) is 0 Å². The molecule has 1 aromatic rings. The number of halogens is 1. The second kappa shape index (κ2) is 6.09. The van der Waals surface area contributed by atoms with Crippen LogP contribution in [0.2, 0.25) is 5.15 Å². The molecule has 1 heterocycles. The number of nitrogens with one attached hydrogen (secondary N) is 1. The average Bonchev–Trinajstić information content (AvgIpc) is 2.18.